The Morgan fingerprint density at radius 2 is 1.97 bits per heavy atom. The number of likely N-dealkylation sites (tertiary alicyclic amines) is 1. The molecule has 0 radical (unpaired) electrons. The van der Waals surface area contributed by atoms with Crippen LogP contribution in [0.5, 0.6) is 6.01 Å². The molecule has 1 aromatic carbocycles. The topological polar surface area (TPSA) is 73.1 Å². The first-order valence-electron chi connectivity index (χ1n) is 9.79. The molecule has 1 unspecified atom stereocenters. The lowest BCUT2D eigenvalue weighted by molar-refractivity contribution is -0.141. The van der Waals surface area contributed by atoms with Crippen LogP contribution in [-0.2, 0) is 12.7 Å². The number of carbonyl (C=O) groups excluding carboxylic acids is 1. The molecule has 1 aliphatic rings. The lowest BCUT2D eigenvalue weighted by atomic mass is 10.1. The number of hydrogen-bond donors (Lipinski definition) is 0. The molecule has 1 amide bonds. The van der Waals surface area contributed by atoms with Crippen LogP contribution >= 0.6 is 0 Å². The quantitative estimate of drug-likeness (QED) is 0.619. The number of benzene rings is 1. The van der Waals surface area contributed by atoms with Crippen LogP contribution in [0.2, 0.25) is 0 Å². The lowest BCUT2D eigenvalue weighted by Gasteiger charge is -2.32. The highest BCUT2D eigenvalue weighted by Gasteiger charge is 2.33. The van der Waals surface area contributed by atoms with Gasteiger partial charge in [-0.15, -0.1) is 0 Å². The maximum Gasteiger partial charge on any atom is 0.433 e. The summed E-state index contributed by atoms with van der Waals surface area (Å²) in [6.07, 6.45) is 2.55. The number of piperidine rings is 1. The highest BCUT2D eigenvalue weighted by Crippen LogP contribution is 2.28. The van der Waals surface area contributed by atoms with Gasteiger partial charge in [-0.25, -0.2) is 9.97 Å². The third kappa shape index (κ3) is 5.19. The number of halogens is 3. The van der Waals surface area contributed by atoms with Crippen LogP contribution in [0, 0.1) is 0 Å². The van der Waals surface area contributed by atoms with Gasteiger partial charge >= 0.3 is 12.2 Å². The van der Waals surface area contributed by atoms with Gasteiger partial charge in [0, 0.05) is 37.2 Å². The van der Waals surface area contributed by atoms with Gasteiger partial charge in [-0.3, -0.25) is 4.79 Å². The number of carbonyl (C=O) groups is 1. The molecule has 3 heterocycles. The number of rotatable bonds is 5. The molecular formula is C21H20F3N5O2. The summed E-state index contributed by atoms with van der Waals surface area (Å²) in [5, 5.41) is 0. The van der Waals surface area contributed by atoms with E-state index in [1.807, 2.05) is 22.9 Å². The molecule has 10 heteroatoms. The lowest BCUT2D eigenvalue weighted by Crippen LogP contribution is -2.44. The number of aromatic nitrogens is 4. The molecular weight excluding hydrogens is 411 g/mol. The maximum absolute atomic E-state index is 12.9. The van der Waals surface area contributed by atoms with Gasteiger partial charge in [-0.05, 0) is 36.6 Å². The monoisotopic (exact) mass is 431 g/mol. The fourth-order valence-electron chi connectivity index (χ4n) is 3.45. The van der Waals surface area contributed by atoms with E-state index in [2.05, 4.69) is 15.0 Å². The van der Waals surface area contributed by atoms with Crippen molar-refractivity contribution in [3.05, 3.63) is 72.1 Å². The molecule has 0 N–H and O–H groups in total. The molecule has 4 rings (SSSR count). The summed E-state index contributed by atoms with van der Waals surface area (Å²) in [5.74, 6) is -0.146. The van der Waals surface area contributed by atoms with Crippen LogP contribution in [0.25, 0.3) is 0 Å². The van der Waals surface area contributed by atoms with Crippen LogP contribution in [0.1, 0.15) is 34.5 Å². The summed E-state index contributed by atoms with van der Waals surface area (Å²) in [7, 11) is 0. The highest BCUT2D eigenvalue weighted by molar-refractivity contribution is 5.94. The SMILES string of the molecule is O=C(c1ccc(Cn2ccnc2)cc1)N1CCCC(Oc2nccc(C(F)(F)F)n2)C1. The molecule has 1 saturated heterocycles. The van der Waals surface area contributed by atoms with Crippen molar-refractivity contribution in [3.63, 3.8) is 0 Å². The predicted octanol–water partition coefficient (Wildman–Crippen LogP) is 3.42. The van der Waals surface area contributed by atoms with Gasteiger partial charge in [0.2, 0.25) is 0 Å². The number of hydrogen-bond acceptors (Lipinski definition) is 5. The molecule has 3 aromatic rings. The summed E-state index contributed by atoms with van der Waals surface area (Å²) >= 11 is 0. The zero-order valence-corrected chi connectivity index (χ0v) is 16.5. The maximum atomic E-state index is 12.9. The fraction of sp³-hybridized carbons (Fsp3) is 0.333. The van der Waals surface area contributed by atoms with Crippen molar-refractivity contribution in [1.82, 2.24) is 24.4 Å². The van der Waals surface area contributed by atoms with E-state index < -0.39 is 18.0 Å². The standard InChI is InChI=1S/C21H20F3N5O2/c22-21(23,24)18-7-8-26-20(27-18)31-17-2-1-10-29(13-17)19(30)16-5-3-15(4-6-16)12-28-11-9-25-14-28/h3-9,11,14,17H,1-2,10,12-13H2. The minimum atomic E-state index is -4.57. The van der Waals surface area contributed by atoms with Gasteiger partial charge in [-0.2, -0.15) is 18.2 Å². The highest BCUT2D eigenvalue weighted by atomic mass is 19.4. The number of nitrogens with zero attached hydrogens (tertiary/aromatic N) is 5. The molecule has 0 aliphatic carbocycles. The van der Waals surface area contributed by atoms with Crippen molar-refractivity contribution in [2.75, 3.05) is 13.1 Å². The first-order chi connectivity index (χ1) is 14.9. The number of alkyl halides is 3. The molecule has 0 saturated carbocycles. The Balaban J connectivity index is 1.38. The van der Waals surface area contributed by atoms with Gasteiger partial charge in [-0.1, -0.05) is 12.1 Å². The second-order valence-electron chi connectivity index (χ2n) is 7.29. The van der Waals surface area contributed by atoms with Crippen LogP contribution < -0.4 is 4.74 Å². The van der Waals surface area contributed by atoms with E-state index in [0.717, 1.165) is 17.8 Å². The third-order valence-electron chi connectivity index (χ3n) is 4.99. The van der Waals surface area contributed by atoms with Crippen molar-refractivity contribution >= 4 is 5.91 Å². The fourth-order valence-corrected chi connectivity index (χ4v) is 3.45. The Morgan fingerprint density at radius 1 is 1.16 bits per heavy atom. The normalized spacial score (nSPS) is 16.9. The molecule has 1 fully saturated rings. The van der Waals surface area contributed by atoms with Gasteiger partial charge < -0.3 is 14.2 Å². The largest absolute Gasteiger partial charge is 0.458 e. The van der Waals surface area contributed by atoms with E-state index in [9.17, 15) is 18.0 Å². The van der Waals surface area contributed by atoms with Crippen LogP contribution in [0.3, 0.4) is 0 Å². The Bertz CT molecular complexity index is 1020. The minimum absolute atomic E-state index is 0.146. The summed E-state index contributed by atoms with van der Waals surface area (Å²) < 4.78 is 46.0. The van der Waals surface area contributed by atoms with E-state index in [0.29, 0.717) is 31.5 Å². The Morgan fingerprint density at radius 3 is 2.68 bits per heavy atom. The van der Waals surface area contributed by atoms with Gasteiger partial charge in [0.1, 0.15) is 6.10 Å². The molecule has 1 aliphatic heterocycles. The van der Waals surface area contributed by atoms with Crippen LogP contribution in [0.4, 0.5) is 13.2 Å². The Labute approximate surface area is 176 Å². The number of amides is 1. The zero-order chi connectivity index (χ0) is 21.8. The Hall–Kier alpha value is -3.43. The van der Waals surface area contributed by atoms with Crippen LogP contribution in [-0.4, -0.2) is 49.5 Å². The molecule has 7 nitrogen and oxygen atoms in total. The van der Waals surface area contributed by atoms with Crippen molar-refractivity contribution in [3.8, 4) is 6.01 Å². The van der Waals surface area contributed by atoms with Gasteiger partial charge in [0.05, 0.1) is 12.9 Å². The van der Waals surface area contributed by atoms with E-state index in [4.69, 9.17) is 4.74 Å². The Kier molecular flexibility index (Phi) is 5.88. The summed E-state index contributed by atoms with van der Waals surface area (Å²) in [6, 6.07) is 7.78. The van der Waals surface area contributed by atoms with E-state index in [1.54, 1.807) is 29.6 Å². The second-order valence-corrected chi connectivity index (χ2v) is 7.29. The van der Waals surface area contributed by atoms with E-state index >= 15 is 0 Å². The first-order valence-corrected chi connectivity index (χ1v) is 9.79. The summed E-state index contributed by atoms with van der Waals surface area (Å²) in [5.41, 5.74) is 0.526. The smallest absolute Gasteiger partial charge is 0.433 e. The third-order valence-corrected chi connectivity index (χ3v) is 4.99. The average molecular weight is 431 g/mol. The van der Waals surface area contributed by atoms with Crippen molar-refractivity contribution in [1.29, 1.82) is 0 Å². The van der Waals surface area contributed by atoms with Crippen molar-refractivity contribution < 1.29 is 22.7 Å². The van der Waals surface area contributed by atoms with Gasteiger partial charge in [0.25, 0.3) is 5.91 Å². The van der Waals surface area contributed by atoms with E-state index in [-0.39, 0.29) is 18.5 Å². The predicted molar refractivity (Wildman–Crippen MR) is 104 cm³/mol. The molecule has 0 bridgehead atoms. The molecule has 1 atom stereocenters. The average Bonchev–Trinajstić information content (AvgIpc) is 3.27. The first kappa shape index (κ1) is 20.8. The zero-order valence-electron chi connectivity index (χ0n) is 16.5. The van der Waals surface area contributed by atoms with Crippen molar-refractivity contribution in [2.24, 2.45) is 0 Å². The van der Waals surface area contributed by atoms with Gasteiger partial charge in [0.15, 0.2) is 5.69 Å². The molecule has 162 valence electrons. The second kappa shape index (κ2) is 8.75. The summed E-state index contributed by atoms with van der Waals surface area (Å²) in [4.78, 5) is 25.7. The molecule has 0 spiro atoms. The number of imidazole rings is 1. The van der Waals surface area contributed by atoms with E-state index in [1.165, 1.54) is 0 Å². The minimum Gasteiger partial charge on any atom is -0.458 e. The summed E-state index contributed by atoms with van der Waals surface area (Å²) in [6.45, 7) is 1.47. The molecule has 2 aromatic heterocycles. The van der Waals surface area contributed by atoms with Crippen LogP contribution in [0.15, 0.2) is 55.2 Å². The number of ether oxygens (including phenoxy) is 1. The molecule has 31 heavy (non-hydrogen) atoms. The van der Waals surface area contributed by atoms with Crippen molar-refractivity contribution in [2.45, 2.75) is 31.7 Å².